The quantitative estimate of drug-likeness (QED) is 0.857. The van der Waals surface area contributed by atoms with Gasteiger partial charge in [-0.05, 0) is 6.07 Å². The van der Waals surface area contributed by atoms with Crippen molar-refractivity contribution < 1.29 is 14.3 Å². The molecule has 0 radical (unpaired) electrons. The van der Waals surface area contributed by atoms with Crippen molar-refractivity contribution in [2.45, 2.75) is 0 Å². The number of methoxy groups -OCH3 is 1. The lowest BCUT2D eigenvalue weighted by atomic mass is 10.1. The summed E-state index contributed by atoms with van der Waals surface area (Å²) in [5.74, 6) is -1.65. The second-order valence-electron chi connectivity index (χ2n) is 2.86. The molecule has 1 rings (SSSR count). The van der Waals surface area contributed by atoms with Crippen LogP contribution in [0.25, 0.3) is 0 Å². The van der Waals surface area contributed by atoms with E-state index in [0.29, 0.717) is 0 Å². The summed E-state index contributed by atoms with van der Waals surface area (Å²) in [6, 6.07) is 1.22. The minimum atomic E-state index is -0.855. The van der Waals surface area contributed by atoms with Crippen molar-refractivity contribution in [1.82, 2.24) is 0 Å². The van der Waals surface area contributed by atoms with E-state index in [-0.39, 0.29) is 26.9 Å². The van der Waals surface area contributed by atoms with E-state index in [1.54, 1.807) is 0 Å². The predicted octanol–water partition coefficient (Wildman–Crippen LogP) is 1.20. The van der Waals surface area contributed by atoms with Crippen LogP contribution in [-0.4, -0.2) is 18.9 Å². The van der Waals surface area contributed by atoms with Crippen LogP contribution in [0.1, 0.15) is 20.7 Å². The Labute approximate surface area is 101 Å². The molecule has 0 aliphatic carbocycles. The Morgan fingerprint density at radius 3 is 2.19 bits per heavy atom. The van der Waals surface area contributed by atoms with Gasteiger partial charge >= 0.3 is 0 Å². The molecule has 0 aliphatic rings. The lowest BCUT2D eigenvalue weighted by molar-refractivity contribution is 0.0997. The highest BCUT2D eigenvalue weighted by atomic mass is 35.5. The van der Waals surface area contributed by atoms with Gasteiger partial charge in [0.1, 0.15) is 5.56 Å². The average Bonchev–Trinajstić information content (AvgIpc) is 2.19. The van der Waals surface area contributed by atoms with Crippen LogP contribution < -0.4 is 16.2 Å². The van der Waals surface area contributed by atoms with Gasteiger partial charge in [-0.3, -0.25) is 9.59 Å². The minimum absolute atomic E-state index is 0.0177. The maximum Gasteiger partial charge on any atom is 0.254 e. The van der Waals surface area contributed by atoms with Crippen LogP contribution in [0.3, 0.4) is 0 Å². The molecule has 0 unspecified atom stereocenters. The molecule has 0 atom stereocenters. The van der Waals surface area contributed by atoms with Crippen molar-refractivity contribution in [3.05, 3.63) is 27.2 Å². The zero-order valence-corrected chi connectivity index (χ0v) is 9.72. The fourth-order valence-electron chi connectivity index (χ4n) is 1.21. The molecule has 0 fully saturated rings. The molecule has 5 nitrogen and oxygen atoms in total. The van der Waals surface area contributed by atoms with E-state index in [0.717, 1.165) is 0 Å². The van der Waals surface area contributed by atoms with Crippen molar-refractivity contribution in [3.8, 4) is 5.75 Å². The number of hydrogen-bond acceptors (Lipinski definition) is 3. The van der Waals surface area contributed by atoms with E-state index in [4.69, 9.17) is 39.4 Å². The molecule has 16 heavy (non-hydrogen) atoms. The highest BCUT2D eigenvalue weighted by Crippen LogP contribution is 2.36. The highest BCUT2D eigenvalue weighted by Gasteiger charge is 2.22. The normalized spacial score (nSPS) is 9.94. The molecule has 0 saturated heterocycles. The topological polar surface area (TPSA) is 95.4 Å². The van der Waals surface area contributed by atoms with Crippen molar-refractivity contribution in [2.75, 3.05) is 7.11 Å². The smallest absolute Gasteiger partial charge is 0.254 e. The molecule has 1 aromatic rings. The Hall–Kier alpha value is -1.46. The highest BCUT2D eigenvalue weighted by molar-refractivity contribution is 6.39. The number of rotatable bonds is 3. The summed E-state index contributed by atoms with van der Waals surface area (Å²) in [5.41, 5.74) is 9.94. The van der Waals surface area contributed by atoms with E-state index in [2.05, 4.69) is 0 Å². The van der Waals surface area contributed by atoms with Gasteiger partial charge in [-0.2, -0.15) is 0 Å². The Morgan fingerprint density at radius 2 is 1.81 bits per heavy atom. The molecule has 0 aromatic heterocycles. The molecule has 0 aliphatic heterocycles. The Bertz CT molecular complexity index is 474. The maximum atomic E-state index is 11.2. The summed E-state index contributed by atoms with van der Waals surface area (Å²) in [6.45, 7) is 0. The van der Waals surface area contributed by atoms with Gasteiger partial charge in [0.05, 0.1) is 22.7 Å². The summed E-state index contributed by atoms with van der Waals surface area (Å²) in [5, 5.41) is -0.129. The van der Waals surface area contributed by atoms with E-state index in [1.165, 1.54) is 13.2 Å². The van der Waals surface area contributed by atoms with Crippen molar-refractivity contribution in [3.63, 3.8) is 0 Å². The van der Waals surface area contributed by atoms with E-state index >= 15 is 0 Å². The van der Waals surface area contributed by atoms with E-state index in [9.17, 15) is 9.59 Å². The Balaban J connectivity index is 3.65. The third-order valence-corrected chi connectivity index (χ3v) is 2.56. The monoisotopic (exact) mass is 262 g/mol. The van der Waals surface area contributed by atoms with Crippen molar-refractivity contribution >= 4 is 35.0 Å². The molecule has 0 spiro atoms. The zero-order chi connectivity index (χ0) is 12.5. The molecule has 0 bridgehead atoms. The number of hydrogen-bond donors (Lipinski definition) is 2. The Morgan fingerprint density at radius 1 is 1.25 bits per heavy atom. The fraction of sp³-hybridized carbons (Fsp3) is 0.111. The summed E-state index contributed by atoms with van der Waals surface area (Å²) >= 11 is 11.6. The number of carbonyl (C=O) groups excluding carboxylic acids is 2. The lowest BCUT2D eigenvalue weighted by Crippen LogP contribution is -2.18. The van der Waals surface area contributed by atoms with Crippen LogP contribution in [0, 0.1) is 0 Å². The van der Waals surface area contributed by atoms with Crippen LogP contribution >= 0.6 is 23.2 Å². The molecular formula is C9H8Cl2N2O3. The SMILES string of the molecule is COc1c(Cl)cc(C(N)=O)c(Cl)c1C(N)=O. The molecule has 4 N–H and O–H groups in total. The van der Waals surface area contributed by atoms with Gasteiger partial charge in [0.2, 0.25) is 5.91 Å². The third-order valence-electron chi connectivity index (χ3n) is 1.89. The first-order valence-corrected chi connectivity index (χ1v) is 4.81. The number of benzene rings is 1. The predicted molar refractivity (Wildman–Crippen MR) is 60.0 cm³/mol. The molecule has 86 valence electrons. The summed E-state index contributed by atoms with van der Waals surface area (Å²) < 4.78 is 4.88. The number of ether oxygens (including phenoxy) is 1. The van der Waals surface area contributed by atoms with Crippen LogP contribution in [-0.2, 0) is 0 Å². The van der Waals surface area contributed by atoms with E-state index < -0.39 is 11.8 Å². The van der Waals surface area contributed by atoms with Gasteiger partial charge < -0.3 is 16.2 Å². The van der Waals surface area contributed by atoms with Gasteiger partial charge in [-0.15, -0.1) is 0 Å². The van der Waals surface area contributed by atoms with E-state index in [1.807, 2.05) is 0 Å². The van der Waals surface area contributed by atoms with Gasteiger partial charge in [0, 0.05) is 0 Å². The van der Waals surface area contributed by atoms with Crippen LogP contribution in [0.5, 0.6) is 5.75 Å². The van der Waals surface area contributed by atoms with Crippen LogP contribution in [0.4, 0.5) is 0 Å². The number of amides is 2. The molecule has 1 aromatic carbocycles. The number of halogens is 2. The average molecular weight is 263 g/mol. The number of carbonyl (C=O) groups is 2. The van der Waals surface area contributed by atoms with Crippen molar-refractivity contribution in [2.24, 2.45) is 11.5 Å². The van der Waals surface area contributed by atoms with Gasteiger partial charge in [-0.1, -0.05) is 23.2 Å². The van der Waals surface area contributed by atoms with Crippen LogP contribution in [0.2, 0.25) is 10.0 Å². The molecule has 0 saturated carbocycles. The Kier molecular flexibility index (Phi) is 3.62. The standard InChI is InChI=1S/C9H8Cl2N2O3/c1-16-7-4(10)2-3(8(12)14)6(11)5(7)9(13)15/h2H,1H3,(H2,12,14)(H2,13,15). The molecule has 0 heterocycles. The lowest BCUT2D eigenvalue weighted by Gasteiger charge is -2.11. The van der Waals surface area contributed by atoms with Gasteiger partial charge in [0.15, 0.2) is 5.75 Å². The summed E-state index contributed by atoms with van der Waals surface area (Å²) in [7, 11) is 1.30. The number of nitrogens with two attached hydrogens (primary N) is 2. The first-order chi connectivity index (χ1) is 7.40. The van der Waals surface area contributed by atoms with Gasteiger partial charge in [-0.25, -0.2) is 0 Å². The first kappa shape index (κ1) is 12.6. The third kappa shape index (κ3) is 2.05. The molecule has 2 amide bonds. The molecule has 7 heteroatoms. The number of primary amides is 2. The second-order valence-corrected chi connectivity index (χ2v) is 3.64. The molecular weight excluding hydrogens is 255 g/mol. The summed E-state index contributed by atoms with van der Waals surface area (Å²) in [4.78, 5) is 22.2. The largest absolute Gasteiger partial charge is 0.494 e. The minimum Gasteiger partial charge on any atom is -0.494 e. The van der Waals surface area contributed by atoms with Gasteiger partial charge in [0.25, 0.3) is 5.91 Å². The van der Waals surface area contributed by atoms with Crippen molar-refractivity contribution in [1.29, 1.82) is 0 Å². The fourth-order valence-corrected chi connectivity index (χ4v) is 1.82. The first-order valence-electron chi connectivity index (χ1n) is 4.05. The maximum absolute atomic E-state index is 11.2. The zero-order valence-electron chi connectivity index (χ0n) is 8.21. The van der Waals surface area contributed by atoms with Crippen LogP contribution in [0.15, 0.2) is 6.07 Å². The second kappa shape index (κ2) is 4.59. The summed E-state index contributed by atoms with van der Waals surface area (Å²) in [6.07, 6.45) is 0.